The van der Waals surface area contributed by atoms with Crippen LogP contribution < -0.4 is 0 Å². The van der Waals surface area contributed by atoms with Crippen LogP contribution in [0.2, 0.25) is 0 Å². The zero-order chi connectivity index (χ0) is 14.9. The first kappa shape index (κ1) is 14.1. The van der Waals surface area contributed by atoms with Crippen molar-refractivity contribution in [2.75, 3.05) is 13.1 Å². The molecule has 0 saturated carbocycles. The van der Waals surface area contributed by atoms with Crippen molar-refractivity contribution in [3.63, 3.8) is 0 Å². The third-order valence-corrected chi connectivity index (χ3v) is 4.78. The predicted octanol–water partition coefficient (Wildman–Crippen LogP) is 3.53. The molecule has 3 rings (SSSR count). The van der Waals surface area contributed by atoms with E-state index in [2.05, 4.69) is 41.3 Å². The second kappa shape index (κ2) is 5.49. The Hall–Kier alpha value is -1.87. The van der Waals surface area contributed by atoms with Crippen LogP contribution in [0.4, 0.5) is 0 Å². The van der Waals surface area contributed by atoms with Crippen molar-refractivity contribution < 1.29 is 9.90 Å². The van der Waals surface area contributed by atoms with Gasteiger partial charge in [-0.05, 0) is 41.8 Å². The Bertz CT molecular complexity index is 667. The van der Waals surface area contributed by atoms with E-state index in [1.165, 1.54) is 16.3 Å². The summed E-state index contributed by atoms with van der Waals surface area (Å²) in [6.07, 6.45) is 1.46. The van der Waals surface area contributed by atoms with Gasteiger partial charge in [-0.3, -0.25) is 9.69 Å². The molecule has 0 amide bonds. The molecule has 110 valence electrons. The van der Waals surface area contributed by atoms with Crippen molar-refractivity contribution in [2.45, 2.75) is 26.3 Å². The first-order valence-electron chi connectivity index (χ1n) is 7.56. The Kier molecular flexibility index (Phi) is 3.68. The fourth-order valence-corrected chi connectivity index (χ4v) is 3.30. The topological polar surface area (TPSA) is 40.5 Å². The van der Waals surface area contributed by atoms with Gasteiger partial charge in [0.05, 0.1) is 5.41 Å². The molecule has 0 aromatic heterocycles. The molecule has 1 fully saturated rings. The Morgan fingerprint density at radius 3 is 2.67 bits per heavy atom. The molecular formula is C18H21NO2. The highest BCUT2D eigenvalue weighted by Crippen LogP contribution is 2.35. The molecule has 0 spiro atoms. The van der Waals surface area contributed by atoms with Gasteiger partial charge in [-0.2, -0.15) is 0 Å². The van der Waals surface area contributed by atoms with E-state index in [1.54, 1.807) is 0 Å². The van der Waals surface area contributed by atoms with Gasteiger partial charge in [0.1, 0.15) is 0 Å². The first-order chi connectivity index (χ1) is 10.1. The molecular weight excluding hydrogens is 262 g/mol. The minimum absolute atomic E-state index is 0.545. The molecule has 2 aromatic rings. The molecule has 1 heterocycles. The maximum atomic E-state index is 11.5. The van der Waals surface area contributed by atoms with Crippen molar-refractivity contribution in [2.24, 2.45) is 5.41 Å². The molecule has 0 bridgehead atoms. The number of carbonyl (C=O) groups is 1. The normalized spacial score (nSPS) is 22.7. The molecule has 3 nitrogen and oxygen atoms in total. The molecule has 1 aliphatic rings. The summed E-state index contributed by atoms with van der Waals surface area (Å²) in [6.45, 7) is 4.34. The van der Waals surface area contributed by atoms with E-state index < -0.39 is 11.4 Å². The number of benzene rings is 2. The molecule has 0 aliphatic carbocycles. The van der Waals surface area contributed by atoms with Gasteiger partial charge in [0.15, 0.2) is 0 Å². The van der Waals surface area contributed by atoms with Crippen LogP contribution in [-0.2, 0) is 11.3 Å². The largest absolute Gasteiger partial charge is 0.481 e. The quantitative estimate of drug-likeness (QED) is 0.933. The van der Waals surface area contributed by atoms with Crippen molar-refractivity contribution in [3.05, 3.63) is 48.0 Å². The summed E-state index contributed by atoms with van der Waals surface area (Å²) < 4.78 is 0. The molecule has 0 radical (unpaired) electrons. The van der Waals surface area contributed by atoms with Crippen LogP contribution in [0.15, 0.2) is 42.5 Å². The highest BCUT2D eigenvalue weighted by molar-refractivity contribution is 5.83. The van der Waals surface area contributed by atoms with Gasteiger partial charge >= 0.3 is 5.97 Å². The standard InChI is InChI=1S/C18H21NO2/c1-2-18(17(20)21)9-10-19(13-18)12-14-7-8-15-5-3-4-6-16(15)11-14/h3-8,11H,2,9-10,12-13H2,1H3,(H,20,21). The van der Waals surface area contributed by atoms with Crippen molar-refractivity contribution in [3.8, 4) is 0 Å². The van der Waals surface area contributed by atoms with E-state index in [9.17, 15) is 9.90 Å². The van der Waals surface area contributed by atoms with E-state index >= 15 is 0 Å². The molecule has 2 aromatic carbocycles. The van der Waals surface area contributed by atoms with Crippen LogP contribution >= 0.6 is 0 Å². The van der Waals surface area contributed by atoms with E-state index in [1.807, 2.05) is 13.0 Å². The van der Waals surface area contributed by atoms with E-state index in [4.69, 9.17) is 0 Å². The number of hydrogen-bond acceptors (Lipinski definition) is 2. The molecule has 21 heavy (non-hydrogen) atoms. The average Bonchev–Trinajstić information content (AvgIpc) is 2.92. The summed E-state index contributed by atoms with van der Waals surface area (Å²) in [7, 11) is 0. The Balaban J connectivity index is 1.76. The molecule has 1 aliphatic heterocycles. The van der Waals surface area contributed by atoms with Crippen LogP contribution in [0.5, 0.6) is 0 Å². The van der Waals surface area contributed by atoms with Gasteiger partial charge < -0.3 is 5.11 Å². The van der Waals surface area contributed by atoms with Crippen molar-refractivity contribution in [1.82, 2.24) is 4.90 Å². The van der Waals surface area contributed by atoms with Gasteiger partial charge in [-0.1, -0.05) is 43.3 Å². The number of carboxylic acids is 1. The molecule has 1 atom stereocenters. The zero-order valence-corrected chi connectivity index (χ0v) is 12.4. The number of aliphatic carboxylic acids is 1. The molecule has 1 N–H and O–H groups in total. The lowest BCUT2D eigenvalue weighted by atomic mass is 9.84. The smallest absolute Gasteiger partial charge is 0.310 e. The summed E-state index contributed by atoms with van der Waals surface area (Å²) in [4.78, 5) is 13.8. The maximum absolute atomic E-state index is 11.5. The summed E-state index contributed by atoms with van der Waals surface area (Å²) in [5.41, 5.74) is 0.711. The highest BCUT2D eigenvalue weighted by atomic mass is 16.4. The minimum Gasteiger partial charge on any atom is -0.481 e. The highest BCUT2D eigenvalue weighted by Gasteiger charge is 2.42. The van der Waals surface area contributed by atoms with Crippen LogP contribution in [0.25, 0.3) is 10.8 Å². The SMILES string of the molecule is CCC1(C(=O)O)CCN(Cc2ccc3ccccc3c2)C1. The Morgan fingerprint density at radius 1 is 1.24 bits per heavy atom. The summed E-state index contributed by atoms with van der Waals surface area (Å²) in [6, 6.07) is 14.8. The van der Waals surface area contributed by atoms with Gasteiger partial charge in [-0.15, -0.1) is 0 Å². The zero-order valence-electron chi connectivity index (χ0n) is 12.4. The van der Waals surface area contributed by atoms with Gasteiger partial charge in [-0.25, -0.2) is 0 Å². The second-order valence-corrected chi connectivity index (χ2v) is 6.08. The summed E-state index contributed by atoms with van der Waals surface area (Å²) >= 11 is 0. The van der Waals surface area contributed by atoms with Gasteiger partial charge in [0.25, 0.3) is 0 Å². The van der Waals surface area contributed by atoms with Gasteiger partial charge in [0, 0.05) is 13.1 Å². The second-order valence-electron chi connectivity index (χ2n) is 6.08. The van der Waals surface area contributed by atoms with Crippen LogP contribution in [0.3, 0.4) is 0 Å². The summed E-state index contributed by atoms with van der Waals surface area (Å²) in [5, 5.41) is 12.0. The number of carboxylic acid groups (broad SMARTS) is 1. The number of likely N-dealkylation sites (tertiary alicyclic amines) is 1. The van der Waals surface area contributed by atoms with Crippen molar-refractivity contribution in [1.29, 1.82) is 0 Å². The first-order valence-corrected chi connectivity index (χ1v) is 7.56. The minimum atomic E-state index is -0.647. The average molecular weight is 283 g/mol. The third kappa shape index (κ3) is 2.66. The lowest BCUT2D eigenvalue weighted by molar-refractivity contribution is -0.148. The molecule has 1 unspecified atom stereocenters. The van der Waals surface area contributed by atoms with E-state index in [0.717, 1.165) is 19.5 Å². The predicted molar refractivity (Wildman–Crippen MR) is 84.2 cm³/mol. The third-order valence-electron chi connectivity index (χ3n) is 4.78. The Morgan fingerprint density at radius 2 is 2.00 bits per heavy atom. The molecule has 3 heteroatoms. The lowest BCUT2D eigenvalue weighted by Gasteiger charge is -2.23. The summed E-state index contributed by atoms with van der Waals surface area (Å²) in [5.74, 6) is -0.647. The number of rotatable bonds is 4. The van der Waals surface area contributed by atoms with Crippen LogP contribution in [0.1, 0.15) is 25.3 Å². The maximum Gasteiger partial charge on any atom is 0.310 e. The monoisotopic (exact) mass is 283 g/mol. The van der Waals surface area contributed by atoms with Crippen molar-refractivity contribution >= 4 is 16.7 Å². The van der Waals surface area contributed by atoms with Crippen LogP contribution in [-0.4, -0.2) is 29.1 Å². The van der Waals surface area contributed by atoms with Gasteiger partial charge in [0.2, 0.25) is 0 Å². The fraction of sp³-hybridized carbons (Fsp3) is 0.389. The lowest BCUT2D eigenvalue weighted by Crippen LogP contribution is -2.33. The number of fused-ring (bicyclic) bond motifs is 1. The van der Waals surface area contributed by atoms with E-state index in [-0.39, 0.29) is 0 Å². The van der Waals surface area contributed by atoms with Crippen LogP contribution in [0, 0.1) is 5.41 Å². The number of nitrogens with zero attached hydrogens (tertiary/aromatic N) is 1. The molecule has 1 saturated heterocycles. The fourth-order valence-electron chi connectivity index (χ4n) is 3.30. The van der Waals surface area contributed by atoms with E-state index in [0.29, 0.717) is 13.0 Å². The number of hydrogen-bond donors (Lipinski definition) is 1. The Labute approximate surface area is 125 Å².